The highest BCUT2D eigenvalue weighted by atomic mass is 32.2. The molecule has 2 heterocycles. The first kappa shape index (κ1) is 29.3. The Bertz CT molecular complexity index is 1690. The predicted octanol–water partition coefficient (Wildman–Crippen LogP) is 4.38. The number of fused-ring (bicyclic) bond motifs is 1. The van der Waals surface area contributed by atoms with Crippen LogP contribution in [-0.2, 0) is 27.5 Å². The molecule has 0 bridgehead atoms. The number of aromatic nitrogens is 1. The number of methoxy groups -OCH3 is 1. The van der Waals surface area contributed by atoms with Gasteiger partial charge in [-0.15, -0.1) is 0 Å². The van der Waals surface area contributed by atoms with Gasteiger partial charge in [-0.05, 0) is 48.7 Å². The molecule has 2 amide bonds. The number of ether oxygens (including phenoxy) is 1. The third kappa shape index (κ3) is 6.33. The van der Waals surface area contributed by atoms with Gasteiger partial charge in [0.2, 0.25) is 5.91 Å². The normalized spacial score (nSPS) is 14.6. The Morgan fingerprint density at radius 1 is 0.976 bits per heavy atom. The predicted molar refractivity (Wildman–Crippen MR) is 161 cm³/mol. The van der Waals surface area contributed by atoms with Gasteiger partial charge >= 0.3 is 0 Å². The molecule has 1 aliphatic heterocycles. The maximum Gasteiger partial charge on any atom is 0.257 e. The van der Waals surface area contributed by atoms with Crippen LogP contribution in [0.15, 0.2) is 65.1 Å². The van der Waals surface area contributed by atoms with Crippen molar-refractivity contribution >= 4 is 32.8 Å². The maximum atomic E-state index is 12.9. The van der Waals surface area contributed by atoms with E-state index in [1.165, 1.54) is 0 Å². The molecule has 0 aliphatic carbocycles. The van der Waals surface area contributed by atoms with E-state index >= 15 is 0 Å². The zero-order valence-corrected chi connectivity index (χ0v) is 24.9. The molecule has 0 radical (unpaired) electrons. The smallest absolute Gasteiger partial charge is 0.257 e. The van der Waals surface area contributed by atoms with Crippen molar-refractivity contribution in [1.82, 2.24) is 14.8 Å². The Balaban J connectivity index is 1.32. The lowest BCUT2D eigenvalue weighted by atomic mass is 10.0. The second-order valence-corrected chi connectivity index (χ2v) is 12.7. The number of sulfone groups is 1. The van der Waals surface area contributed by atoms with Crippen molar-refractivity contribution in [3.05, 3.63) is 83.2 Å². The maximum absolute atomic E-state index is 12.9. The molecule has 5 rings (SSSR count). The van der Waals surface area contributed by atoms with Crippen LogP contribution in [0.25, 0.3) is 22.2 Å². The molecule has 1 saturated heterocycles. The number of hydrogen-bond donors (Lipinski definition) is 0. The summed E-state index contributed by atoms with van der Waals surface area (Å²) in [7, 11) is -1.47. The van der Waals surface area contributed by atoms with Crippen LogP contribution in [-0.4, -0.2) is 79.8 Å². The number of amides is 2. The lowest BCUT2D eigenvalue weighted by molar-refractivity contribution is -0.130. The summed E-state index contributed by atoms with van der Waals surface area (Å²) in [5.74, 6) is 0.985. The first-order valence-electron chi connectivity index (χ1n) is 14.1. The molecule has 0 unspecified atom stereocenters. The molecule has 220 valence electrons. The van der Waals surface area contributed by atoms with Crippen LogP contribution in [0.4, 0.5) is 0 Å². The van der Waals surface area contributed by atoms with Gasteiger partial charge in [-0.25, -0.2) is 13.4 Å². The number of para-hydroxylation sites is 1. The van der Waals surface area contributed by atoms with E-state index in [0.717, 1.165) is 27.8 Å². The van der Waals surface area contributed by atoms with Gasteiger partial charge in [0.25, 0.3) is 5.91 Å². The van der Waals surface area contributed by atoms with Crippen molar-refractivity contribution in [3.63, 3.8) is 0 Å². The molecule has 0 atom stereocenters. The van der Waals surface area contributed by atoms with E-state index < -0.39 is 9.84 Å². The lowest BCUT2D eigenvalue weighted by Gasteiger charge is -2.26. The SMILES string of the molecule is CCN(CC)C(=O)c1ccc(Cc2nc3cccc(-c4ccc(CC(=O)N5CCS(=O)(=O)CC5)cc4)c3o2)cc1OC. The van der Waals surface area contributed by atoms with Crippen LogP contribution >= 0.6 is 0 Å². The van der Waals surface area contributed by atoms with Crippen LogP contribution in [0, 0.1) is 0 Å². The summed E-state index contributed by atoms with van der Waals surface area (Å²) in [5.41, 5.74) is 5.54. The highest BCUT2D eigenvalue weighted by Crippen LogP contribution is 2.31. The highest BCUT2D eigenvalue weighted by Gasteiger charge is 2.25. The molecular weight excluding hydrogens is 554 g/mol. The molecule has 1 aliphatic rings. The van der Waals surface area contributed by atoms with Crippen molar-refractivity contribution in [1.29, 1.82) is 0 Å². The fourth-order valence-electron chi connectivity index (χ4n) is 5.23. The van der Waals surface area contributed by atoms with Gasteiger partial charge in [-0.3, -0.25) is 9.59 Å². The van der Waals surface area contributed by atoms with Crippen LogP contribution in [0.2, 0.25) is 0 Å². The highest BCUT2D eigenvalue weighted by molar-refractivity contribution is 7.91. The Hall–Kier alpha value is -4.18. The number of benzene rings is 3. The molecule has 10 heteroatoms. The summed E-state index contributed by atoms with van der Waals surface area (Å²) in [5, 5.41) is 0. The summed E-state index contributed by atoms with van der Waals surface area (Å²) in [6.07, 6.45) is 0.656. The first-order chi connectivity index (χ1) is 20.2. The van der Waals surface area contributed by atoms with Crippen molar-refractivity contribution in [2.24, 2.45) is 0 Å². The van der Waals surface area contributed by atoms with Crippen LogP contribution in [0.1, 0.15) is 41.2 Å². The van der Waals surface area contributed by atoms with Gasteiger partial charge in [0.05, 0.1) is 30.6 Å². The number of nitrogens with zero attached hydrogens (tertiary/aromatic N) is 3. The van der Waals surface area contributed by atoms with E-state index in [1.807, 2.05) is 68.4 Å². The van der Waals surface area contributed by atoms with Crippen LogP contribution in [0.5, 0.6) is 5.75 Å². The minimum absolute atomic E-state index is 0.0238. The summed E-state index contributed by atoms with van der Waals surface area (Å²) >= 11 is 0. The lowest BCUT2D eigenvalue weighted by Crippen LogP contribution is -2.44. The van der Waals surface area contributed by atoms with Gasteiger partial charge in [0, 0.05) is 38.2 Å². The fraction of sp³-hybridized carbons (Fsp3) is 0.344. The summed E-state index contributed by atoms with van der Waals surface area (Å²) in [6, 6.07) is 19.1. The fourth-order valence-corrected chi connectivity index (χ4v) is 6.43. The molecule has 1 aromatic heterocycles. The zero-order chi connectivity index (χ0) is 29.9. The average molecular weight is 590 g/mol. The van der Waals surface area contributed by atoms with Gasteiger partial charge in [-0.2, -0.15) is 0 Å². The molecule has 4 aromatic rings. The van der Waals surface area contributed by atoms with Crippen molar-refractivity contribution in [3.8, 4) is 16.9 Å². The minimum atomic E-state index is -3.03. The summed E-state index contributed by atoms with van der Waals surface area (Å²) in [4.78, 5) is 33.7. The van der Waals surface area contributed by atoms with Crippen molar-refractivity contribution < 1.29 is 27.2 Å². The van der Waals surface area contributed by atoms with Gasteiger partial charge in [-0.1, -0.05) is 42.5 Å². The molecule has 1 fully saturated rings. The van der Waals surface area contributed by atoms with E-state index in [1.54, 1.807) is 23.0 Å². The molecule has 42 heavy (non-hydrogen) atoms. The van der Waals surface area contributed by atoms with E-state index in [4.69, 9.17) is 14.1 Å². The molecule has 0 spiro atoms. The monoisotopic (exact) mass is 589 g/mol. The summed E-state index contributed by atoms with van der Waals surface area (Å²) < 4.78 is 35.1. The zero-order valence-electron chi connectivity index (χ0n) is 24.1. The van der Waals surface area contributed by atoms with Gasteiger partial charge in [0.1, 0.15) is 11.3 Å². The Morgan fingerprint density at radius 3 is 2.33 bits per heavy atom. The second kappa shape index (κ2) is 12.4. The topological polar surface area (TPSA) is 110 Å². The van der Waals surface area contributed by atoms with E-state index in [9.17, 15) is 18.0 Å². The number of carbonyl (C=O) groups is 2. The van der Waals surface area contributed by atoms with E-state index in [2.05, 4.69) is 0 Å². The Labute approximate surface area is 246 Å². The Kier molecular flexibility index (Phi) is 8.63. The minimum Gasteiger partial charge on any atom is -0.496 e. The average Bonchev–Trinajstić information content (AvgIpc) is 3.40. The largest absolute Gasteiger partial charge is 0.496 e. The number of hydrogen-bond acceptors (Lipinski definition) is 7. The van der Waals surface area contributed by atoms with Crippen LogP contribution in [0.3, 0.4) is 0 Å². The van der Waals surface area contributed by atoms with E-state index in [0.29, 0.717) is 42.3 Å². The third-order valence-corrected chi connectivity index (χ3v) is 9.29. The molecule has 0 N–H and O–H groups in total. The van der Waals surface area contributed by atoms with Crippen molar-refractivity contribution in [2.45, 2.75) is 26.7 Å². The number of oxazole rings is 1. The molecular formula is C32H35N3O6S. The summed E-state index contributed by atoms with van der Waals surface area (Å²) in [6.45, 7) is 5.65. The standard InChI is InChI=1S/C32H35N3O6S/c1-4-34(5-2)32(37)26-14-11-23(19-28(26)40-3)20-29-33-27-8-6-7-25(31(27)41-29)24-12-9-22(10-13-24)21-30(36)35-15-17-42(38,39)18-16-35/h6-14,19H,4-5,15-18,20-21H2,1-3H3. The molecule has 0 saturated carbocycles. The first-order valence-corrected chi connectivity index (χ1v) is 16.0. The number of rotatable bonds is 9. The van der Waals surface area contributed by atoms with E-state index in [-0.39, 0.29) is 42.8 Å². The van der Waals surface area contributed by atoms with Gasteiger partial charge in [0.15, 0.2) is 21.3 Å². The number of carbonyl (C=O) groups excluding carboxylic acids is 2. The molecule has 9 nitrogen and oxygen atoms in total. The van der Waals surface area contributed by atoms with Gasteiger partial charge < -0.3 is 19.0 Å². The quantitative estimate of drug-likeness (QED) is 0.285. The third-order valence-electron chi connectivity index (χ3n) is 7.68. The molecule has 3 aromatic carbocycles. The van der Waals surface area contributed by atoms with Crippen molar-refractivity contribution in [2.75, 3.05) is 44.8 Å². The second-order valence-electron chi connectivity index (χ2n) is 10.4. The Morgan fingerprint density at radius 2 is 1.67 bits per heavy atom. The van der Waals surface area contributed by atoms with Crippen LogP contribution < -0.4 is 4.74 Å².